The Morgan fingerprint density at radius 1 is 1.56 bits per heavy atom. The van der Waals surface area contributed by atoms with Crippen molar-refractivity contribution in [3.8, 4) is 11.8 Å². The normalized spacial score (nSPS) is 11.6. The number of ether oxygens (including phenoxy) is 1. The first-order chi connectivity index (χ1) is 8.69. The zero-order valence-electron chi connectivity index (χ0n) is 10.1. The largest absolute Gasteiger partial charge is 0.487 e. The zero-order valence-corrected chi connectivity index (χ0v) is 10.1. The van der Waals surface area contributed by atoms with Crippen LogP contribution in [0.3, 0.4) is 0 Å². The Bertz CT molecular complexity index is 442. The number of para-hydroxylation sites is 2. The van der Waals surface area contributed by atoms with Crippen molar-refractivity contribution in [1.29, 1.82) is 5.26 Å². The summed E-state index contributed by atoms with van der Waals surface area (Å²) >= 11 is 0. The van der Waals surface area contributed by atoms with Gasteiger partial charge in [-0.05, 0) is 12.6 Å². The topological polar surface area (TPSA) is 88.2 Å². The second kappa shape index (κ2) is 7.25. The Hall–Kier alpha value is -2.13. The van der Waals surface area contributed by atoms with Crippen LogP contribution in [0, 0.1) is 21.4 Å². The van der Waals surface area contributed by atoms with E-state index < -0.39 is 4.92 Å². The molecule has 6 heteroatoms. The molecule has 0 saturated carbocycles. The minimum atomic E-state index is -0.485. The summed E-state index contributed by atoms with van der Waals surface area (Å²) < 4.78 is 5.34. The van der Waals surface area contributed by atoms with Crippen molar-refractivity contribution in [1.82, 2.24) is 5.32 Å². The van der Waals surface area contributed by atoms with Crippen LogP contribution in [0.5, 0.6) is 5.75 Å². The molecule has 0 fully saturated rings. The van der Waals surface area contributed by atoms with Gasteiger partial charge < -0.3 is 10.1 Å². The molecule has 0 aromatic heterocycles. The highest BCUT2D eigenvalue weighted by atomic mass is 16.6. The van der Waals surface area contributed by atoms with Crippen LogP contribution in [0.1, 0.15) is 13.3 Å². The second-order valence-electron chi connectivity index (χ2n) is 3.60. The van der Waals surface area contributed by atoms with E-state index in [1.165, 1.54) is 6.07 Å². The maximum atomic E-state index is 10.7. The first kappa shape index (κ1) is 13.9. The molecule has 0 aliphatic heterocycles. The third kappa shape index (κ3) is 4.03. The molecule has 1 unspecified atom stereocenters. The van der Waals surface area contributed by atoms with Crippen LogP contribution >= 0.6 is 0 Å². The van der Waals surface area contributed by atoms with Gasteiger partial charge >= 0.3 is 5.69 Å². The smallest absolute Gasteiger partial charge is 0.310 e. The monoisotopic (exact) mass is 249 g/mol. The number of nitriles is 1. The minimum Gasteiger partial charge on any atom is -0.487 e. The Balaban J connectivity index is 2.54. The van der Waals surface area contributed by atoms with Gasteiger partial charge in [-0.3, -0.25) is 10.1 Å². The van der Waals surface area contributed by atoms with Gasteiger partial charge in [-0.15, -0.1) is 0 Å². The Labute approximate surface area is 105 Å². The standard InChI is InChI=1S/C12H15N3O3/c1-2-14-10(9-13)7-8-18-12-6-4-3-5-11(12)15(16)17/h3-6,10,14H,2,7-8H2,1H3. The highest BCUT2D eigenvalue weighted by Gasteiger charge is 2.14. The third-order valence-corrected chi connectivity index (χ3v) is 2.33. The number of rotatable bonds is 7. The third-order valence-electron chi connectivity index (χ3n) is 2.33. The van der Waals surface area contributed by atoms with Gasteiger partial charge in [0, 0.05) is 12.5 Å². The zero-order chi connectivity index (χ0) is 13.4. The fourth-order valence-electron chi connectivity index (χ4n) is 1.48. The average molecular weight is 249 g/mol. The summed E-state index contributed by atoms with van der Waals surface area (Å²) in [7, 11) is 0. The summed E-state index contributed by atoms with van der Waals surface area (Å²) in [6, 6.07) is 8.01. The molecule has 96 valence electrons. The summed E-state index contributed by atoms with van der Waals surface area (Å²) in [5, 5.41) is 22.5. The van der Waals surface area contributed by atoms with E-state index in [1.807, 2.05) is 6.92 Å². The van der Waals surface area contributed by atoms with E-state index in [0.29, 0.717) is 13.0 Å². The summed E-state index contributed by atoms with van der Waals surface area (Å²) in [5.41, 5.74) is -0.0607. The fourth-order valence-corrected chi connectivity index (χ4v) is 1.48. The molecule has 0 aliphatic carbocycles. The van der Waals surface area contributed by atoms with Crippen LogP contribution in [0.4, 0.5) is 5.69 Å². The number of benzene rings is 1. The predicted molar refractivity (Wildman–Crippen MR) is 66.3 cm³/mol. The summed E-state index contributed by atoms with van der Waals surface area (Å²) in [6.45, 7) is 2.87. The Morgan fingerprint density at radius 2 is 2.28 bits per heavy atom. The molecule has 0 radical (unpaired) electrons. The lowest BCUT2D eigenvalue weighted by Gasteiger charge is -2.10. The number of hydrogen-bond acceptors (Lipinski definition) is 5. The molecule has 0 bridgehead atoms. The number of nitro benzene ring substituents is 1. The predicted octanol–water partition coefficient (Wildman–Crippen LogP) is 1.87. The van der Waals surface area contributed by atoms with E-state index in [-0.39, 0.29) is 24.1 Å². The van der Waals surface area contributed by atoms with E-state index in [2.05, 4.69) is 11.4 Å². The molecular weight excluding hydrogens is 234 g/mol. The molecule has 1 aromatic rings. The van der Waals surface area contributed by atoms with Crippen molar-refractivity contribution in [3.05, 3.63) is 34.4 Å². The van der Waals surface area contributed by atoms with Gasteiger partial charge in [-0.1, -0.05) is 19.1 Å². The molecule has 0 amide bonds. The van der Waals surface area contributed by atoms with Gasteiger partial charge in [-0.25, -0.2) is 0 Å². The maximum absolute atomic E-state index is 10.7. The second-order valence-corrected chi connectivity index (χ2v) is 3.60. The highest BCUT2D eigenvalue weighted by Crippen LogP contribution is 2.25. The van der Waals surface area contributed by atoms with Crippen LogP contribution in [0.15, 0.2) is 24.3 Å². The molecule has 1 atom stereocenters. The first-order valence-electron chi connectivity index (χ1n) is 5.68. The summed E-state index contributed by atoms with van der Waals surface area (Å²) in [5.74, 6) is 0.232. The lowest BCUT2D eigenvalue weighted by molar-refractivity contribution is -0.385. The summed E-state index contributed by atoms with van der Waals surface area (Å²) in [4.78, 5) is 10.3. The van der Waals surface area contributed by atoms with Gasteiger partial charge in [0.2, 0.25) is 0 Å². The Morgan fingerprint density at radius 3 is 2.89 bits per heavy atom. The van der Waals surface area contributed by atoms with Crippen molar-refractivity contribution < 1.29 is 9.66 Å². The Kier molecular flexibility index (Phi) is 5.61. The van der Waals surface area contributed by atoms with Gasteiger partial charge in [-0.2, -0.15) is 5.26 Å². The number of nitrogens with one attached hydrogen (secondary N) is 1. The minimum absolute atomic E-state index is 0.0607. The van der Waals surface area contributed by atoms with E-state index in [4.69, 9.17) is 10.00 Å². The first-order valence-corrected chi connectivity index (χ1v) is 5.68. The molecule has 0 aliphatic rings. The van der Waals surface area contributed by atoms with Gasteiger partial charge in [0.1, 0.15) is 0 Å². The van der Waals surface area contributed by atoms with E-state index >= 15 is 0 Å². The van der Waals surface area contributed by atoms with E-state index in [1.54, 1.807) is 18.2 Å². The molecule has 0 spiro atoms. The maximum Gasteiger partial charge on any atom is 0.310 e. The van der Waals surface area contributed by atoms with E-state index in [9.17, 15) is 10.1 Å². The number of nitro groups is 1. The molecule has 6 nitrogen and oxygen atoms in total. The molecule has 18 heavy (non-hydrogen) atoms. The van der Waals surface area contributed by atoms with Crippen molar-refractivity contribution in [2.24, 2.45) is 0 Å². The van der Waals surface area contributed by atoms with Gasteiger partial charge in [0.25, 0.3) is 0 Å². The fraction of sp³-hybridized carbons (Fsp3) is 0.417. The van der Waals surface area contributed by atoms with Crippen LogP contribution in [-0.4, -0.2) is 24.1 Å². The highest BCUT2D eigenvalue weighted by molar-refractivity contribution is 5.45. The lowest BCUT2D eigenvalue weighted by Crippen LogP contribution is -2.28. The van der Waals surface area contributed by atoms with Gasteiger partial charge in [0.15, 0.2) is 5.75 Å². The number of hydrogen-bond donors (Lipinski definition) is 1. The molecule has 0 saturated heterocycles. The van der Waals surface area contributed by atoms with Crippen LogP contribution in [0.2, 0.25) is 0 Å². The molecule has 1 N–H and O–H groups in total. The SMILES string of the molecule is CCNC(C#N)CCOc1ccccc1[N+](=O)[O-]. The lowest BCUT2D eigenvalue weighted by atomic mass is 10.2. The summed E-state index contributed by atoms with van der Waals surface area (Å²) in [6.07, 6.45) is 0.483. The molecule has 0 heterocycles. The molecular formula is C12H15N3O3. The van der Waals surface area contributed by atoms with Crippen molar-refractivity contribution >= 4 is 5.69 Å². The van der Waals surface area contributed by atoms with Crippen molar-refractivity contribution in [2.45, 2.75) is 19.4 Å². The van der Waals surface area contributed by atoms with Crippen molar-refractivity contribution in [2.75, 3.05) is 13.2 Å². The molecule has 1 aromatic carbocycles. The average Bonchev–Trinajstić information content (AvgIpc) is 2.38. The van der Waals surface area contributed by atoms with Gasteiger partial charge in [0.05, 0.1) is 23.6 Å². The van der Waals surface area contributed by atoms with Crippen LogP contribution in [0.25, 0.3) is 0 Å². The van der Waals surface area contributed by atoms with Crippen LogP contribution < -0.4 is 10.1 Å². The van der Waals surface area contributed by atoms with Crippen molar-refractivity contribution in [3.63, 3.8) is 0 Å². The molecule has 1 rings (SSSR count). The van der Waals surface area contributed by atoms with E-state index in [0.717, 1.165) is 0 Å². The van der Waals surface area contributed by atoms with Crippen LogP contribution in [-0.2, 0) is 0 Å². The number of nitrogens with zero attached hydrogens (tertiary/aromatic N) is 2. The quantitative estimate of drug-likeness (QED) is 0.588.